The molecule has 0 aliphatic rings. The number of aromatic nitrogens is 2. The van der Waals surface area contributed by atoms with Crippen molar-refractivity contribution in [1.82, 2.24) is 25.1 Å². The van der Waals surface area contributed by atoms with Gasteiger partial charge < -0.3 is 20.1 Å². The van der Waals surface area contributed by atoms with Gasteiger partial charge in [0.25, 0.3) is 5.69 Å². The highest BCUT2D eigenvalue weighted by molar-refractivity contribution is 7.80. The van der Waals surface area contributed by atoms with Crippen LogP contribution in [0.3, 0.4) is 0 Å². The molecule has 4 aromatic carbocycles. The first-order valence-corrected chi connectivity index (χ1v) is 16.2. The summed E-state index contributed by atoms with van der Waals surface area (Å²) in [4.78, 5) is 30.5. The summed E-state index contributed by atoms with van der Waals surface area (Å²) in [6.45, 7) is 6.49. The monoisotopic (exact) mass is 648 g/mol. The SMILES string of the molecule is CC(C)[C@@H](CN(Cc1cccc2ccccc12)C(=S)NCCc1ccccc1)NC(=O)Cc1cncn1Cc1ccc([N+](=O)[O-])cc1. The summed E-state index contributed by atoms with van der Waals surface area (Å²) in [5, 5.41) is 20.8. The molecule has 0 bridgehead atoms. The molecule has 0 saturated heterocycles. The Bertz CT molecular complexity index is 1800. The van der Waals surface area contributed by atoms with Crippen LogP contribution in [0.25, 0.3) is 10.8 Å². The second-order valence-corrected chi connectivity index (χ2v) is 12.4. The maximum atomic E-state index is 13.5. The number of hydrogen-bond donors (Lipinski definition) is 2. The smallest absolute Gasteiger partial charge is 0.269 e. The maximum Gasteiger partial charge on any atom is 0.269 e. The lowest BCUT2D eigenvalue weighted by atomic mass is 10.0. The van der Waals surface area contributed by atoms with Gasteiger partial charge in [0.1, 0.15) is 0 Å². The van der Waals surface area contributed by atoms with Crippen molar-refractivity contribution >= 4 is 39.7 Å². The summed E-state index contributed by atoms with van der Waals surface area (Å²) >= 11 is 5.98. The molecule has 2 N–H and O–H groups in total. The highest BCUT2D eigenvalue weighted by Gasteiger charge is 2.23. The molecule has 0 aliphatic carbocycles. The van der Waals surface area contributed by atoms with Crippen LogP contribution in [0, 0.1) is 16.0 Å². The summed E-state index contributed by atoms with van der Waals surface area (Å²) in [5.41, 5.74) is 4.09. The average Bonchev–Trinajstić information content (AvgIpc) is 3.50. The van der Waals surface area contributed by atoms with Gasteiger partial charge in [-0.3, -0.25) is 14.9 Å². The third kappa shape index (κ3) is 9.23. The van der Waals surface area contributed by atoms with Crippen LogP contribution in [0.1, 0.15) is 36.2 Å². The van der Waals surface area contributed by atoms with Gasteiger partial charge in [-0.1, -0.05) is 98.8 Å². The van der Waals surface area contributed by atoms with Gasteiger partial charge in [0.05, 0.1) is 17.7 Å². The summed E-state index contributed by atoms with van der Waals surface area (Å²) in [6, 6.07) is 31.2. The zero-order valence-corrected chi connectivity index (χ0v) is 27.5. The van der Waals surface area contributed by atoms with Gasteiger partial charge in [0.2, 0.25) is 5.91 Å². The normalized spacial score (nSPS) is 11.7. The van der Waals surface area contributed by atoms with E-state index in [1.54, 1.807) is 24.7 Å². The van der Waals surface area contributed by atoms with Crippen LogP contribution >= 0.6 is 12.2 Å². The van der Waals surface area contributed by atoms with Gasteiger partial charge in [-0.2, -0.15) is 0 Å². The Morgan fingerprint density at radius 3 is 2.43 bits per heavy atom. The Morgan fingerprint density at radius 2 is 1.68 bits per heavy atom. The standard InChI is InChI=1S/C37H40N6O3S/c1-27(2)35(40-36(44)21-33-22-38-26-42(33)23-29-15-17-32(18-16-29)43(45)46)25-41(37(47)39-20-19-28-9-4-3-5-10-28)24-31-13-8-12-30-11-6-7-14-34(30)31/h3-18,22,26-27,35H,19-21,23-25H2,1-2H3,(H,39,47)(H,40,44)/t35-/m1/s1. The van der Waals surface area contributed by atoms with E-state index in [1.807, 2.05) is 28.8 Å². The fourth-order valence-corrected chi connectivity index (χ4v) is 5.81. The van der Waals surface area contributed by atoms with Crippen LogP contribution in [-0.4, -0.2) is 49.5 Å². The minimum atomic E-state index is -0.418. The first-order chi connectivity index (χ1) is 22.8. The molecule has 5 rings (SSSR count). The van der Waals surface area contributed by atoms with Crippen molar-refractivity contribution < 1.29 is 9.72 Å². The molecule has 0 unspecified atom stereocenters. The number of benzene rings is 4. The van der Waals surface area contributed by atoms with Crippen molar-refractivity contribution in [2.75, 3.05) is 13.1 Å². The molecular weight excluding hydrogens is 609 g/mol. The van der Waals surface area contributed by atoms with Gasteiger partial charge in [0, 0.05) is 56.2 Å². The predicted molar refractivity (Wildman–Crippen MR) is 190 cm³/mol. The number of nitro groups is 1. The fourth-order valence-electron chi connectivity index (χ4n) is 5.57. The van der Waals surface area contributed by atoms with E-state index in [0.29, 0.717) is 31.3 Å². The van der Waals surface area contributed by atoms with Gasteiger partial charge in [0.15, 0.2) is 5.11 Å². The van der Waals surface area contributed by atoms with Gasteiger partial charge >= 0.3 is 0 Å². The Morgan fingerprint density at radius 1 is 0.957 bits per heavy atom. The number of hydrogen-bond acceptors (Lipinski definition) is 5. The molecule has 0 spiro atoms. The number of amides is 1. The number of thiocarbonyl (C=S) groups is 1. The molecule has 1 amide bonds. The van der Waals surface area contributed by atoms with Gasteiger partial charge in [-0.15, -0.1) is 0 Å². The van der Waals surface area contributed by atoms with Crippen LogP contribution in [0.15, 0.2) is 110 Å². The summed E-state index contributed by atoms with van der Waals surface area (Å²) in [6.07, 6.45) is 4.36. The van der Waals surface area contributed by atoms with Gasteiger partial charge in [-0.05, 0) is 52.0 Å². The minimum absolute atomic E-state index is 0.0408. The number of rotatable bonds is 14. The predicted octanol–water partition coefficient (Wildman–Crippen LogP) is 6.30. The molecule has 0 fully saturated rings. The molecule has 1 aromatic heterocycles. The number of carbonyl (C=O) groups excluding carboxylic acids is 1. The van der Waals surface area contributed by atoms with E-state index in [0.717, 1.165) is 17.7 Å². The van der Waals surface area contributed by atoms with Crippen molar-refractivity contribution in [1.29, 1.82) is 0 Å². The van der Waals surface area contributed by atoms with Crippen LogP contribution in [-0.2, 0) is 30.7 Å². The zero-order valence-electron chi connectivity index (χ0n) is 26.7. The third-order valence-electron chi connectivity index (χ3n) is 8.27. The molecule has 1 atom stereocenters. The van der Waals surface area contributed by atoms with Crippen molar-refractivity contribution in [3.63, 3.8) is 0 Å². The van der Waals surface area contributed by atoms with E-state index in [2.05, 4.69) is 82.9 Å². The van der Waals surface area contributed by atoms with Crippen molar-refractivity contribution in [3.05, 3.63) is 142 Å². The Kier molecular flexibility index (Phi) is 11.3. The molecule has 47 heavy (non-hydrogen) atoms. The molecule has 242 valence electrons. The molecule has 0 saturated carbocycles. The number of carbonyl (C=O) groups is 1. The summed E-state index contributed by atoms with van der Waals surface area (Å²) < 4.78 is 1.89. The van der Waals surface area contributed by atoms with Crippen LogP contribution in [0.5, 0.6) is 0 Å². The first kappa shape index (κ1) is 33.3. The topological polar surface area (TPSA) is 105 Å². The van der Waals surface area contributed by atoms with Crippen molar-refractivity contribution in [2.45, 2.75) is 45.8 Å². The lowest BCUT2D eigenvalue weighted by molar-refractivity contribution is -0.384. The van der Waals surface area contributed by atoms with Crippen molar-refractivity contribution in [2.24, 2.45) is 5.92 Å². The molecule has 0 radical (unpaired) electrons. The van der Waals surface area contributed by atoms with E-state index in [1.165, 1.54) is 34.0 Å². The summed E-state index contributed by atoms with van der Waals surface area (Å²) in [7, 11) is 0. The number of nitro benzene ring substituents is 1. The van der Waals surface area contributed by atoms with Crippen LogP contribution in [0.4, 0.5) is 5.69 Å². The second-order valence-electron chi connectivity index (χ2n) is 12.0. The average molecular weight is 649 g/mol. The van der Waals surface area contributed by atoms with E-state index >= 15 is 0 Å². The van der Waals surface area contributed by atoms with Crippen LogP contribution in [0.2, 0.25) is 0 Å². The molecule has 1 heterocycles. The Labute approximate surface area is 280 Å². The maximum absolute atomic E-state index is 13.5. The Balaban J connectivity index is 1.28. The minimum Gasteiger partial charge on any atom is -0.362 e. The highest BCUT2D eigenvalue weighted by atomic mass is 32.1. The second kappa shape index (κ2) is 16.0. The molecule has 9 nitrogen and oxygen atoms in total. The van der Waals surface area contributed by atoms with Crippen molar-refractivity contribution in [3.8, 4) is 0 Å². The first-order valence-electron chi connectivity index (χ1n) is 15.8. The molecule has 10 heteroatoms. The fraction of sp³-hybridized carbons (Fsp3) is 0.270. The van der Waals surface area contributed by atoms with E-state index < -0.39 is 4.92 Å². The summed E-state index contributed by atoms with van der Waals surface area (Å²) in [5.74, 6) is 0.0355. The van der Waals surface area contributed by atoms with E-state index in [4.69, 9.17) is 12.2 Å². The number of fused-ring (bicyclic) bond motifs is 1. The number of non-ortho nitro benzene ring substituents is 1. The number of nitrogens with zero attached hydrogens (tertiary/aromatic N) is 4. The lowest BCUT2D eigenvalue weighted by Gasteiger charge is -2.33. The zero-order chi connectivity index (χ0) is 33.2. The van der Waals surface area contributed by atoms with E-state index in [9.17, 15) is 14.9 Å². The lowest BCUT2D eigenvalue weighted by Crippen LogP contribution is -2.51. The number of nitrogens with one attached hydrogen (secondary N) is 2. The Hall–Kier alpha value is -5.09. The van der Waals surface area contributed by atoms with E-state index in [-0.39, 0.29) is 30.0 Å². The van der Waals surface area contributed by atoms with Crippen LogP contribution < -0.4 is 10.6 Å². The largest absolute Gasteiger partial charge is 0.362 e. The quantitative estimate of drug-likeness (QED) is 0.0828. The van der Waals surface area contributed by atoms with Gasteiger partial charge in [-0.25, -0.2) is 4.98 Å². The molecule has 0 aliphatic heterocycles. The third-order valence-corrected chi connectivity index (χ3v) is 8.67. The molecular formula is C37H40N6O3S. The number of imidazole rings is 1. The highest BCUT2D eigenvalue weighted by Crippen LogP contribution is 2.21. The molecule has 5 aromatic rings.